The van der Waals surface area contributed by atoms with Gasteiger partial charge in [-0.1, -0.05) is 172 Å². The van der Waals surface area contributed by atoms with Crippen molar-refractivity contribution in [3.63, 3.8) is 0 Å². The third-order valence-corrected chi connectivity index (χ3v) is 39.3. The highest BCUT2D eigenvalue weighted by Gasteiger charge is 2.39. The van der Waals surface area contributed by atoms with Gasteiger partial charge >= 0.3 is 0 Å². The Labute approximate surface area is 909 Å². The van der Waals surface area contributed by atoms with Gasteiger partial charge in [0.1, 0.15) is 5.75 Å². The van der Waals surface area contributed by atoms with Gasteiger partial charge in [0.25, 0.3) is 0 Å². The second-order valence-electron chi connectivity index (χ2n) is 37.3. The molecule has 6 unspecified atom stereocenters. The normalized spacial score (nSPS) is 19.5. The van der Waals surface area contributed by atoms with E-state index in [1.165, 1.54) is 22.2 Å². The number of Topliss-reactive ketones (excluding diaryl/α,β-unsaturated/α-hetero) is 11. The van der Waals surface area contributed by atoms with Gasteiger partial charge in [0, 0.05) is 243 Å². The third-order valence-electron chi connectivity index (χ3n) is 23.5. The zero-order valence-electron chi connectivity index (χ0n) is 82.4. The molecule has 21 rings (SSSR count). The number of carbonyl (C=O) groups is 11. The molecule has 0 saturated carbocycles. The number of ether oxygens (including phenoxy) is 1. The molecule has 742 valence electrons. The van der Waals surface area contributed by atoms with E-state index in [2.05, 4.69) is 149 Å². The molecule has 0 bridgehead atoms. The Balaban J connectivity index is 0.000000141. The van der Waals surface area contributed by atoms with Crippen molar-refractivity contribution in [1.82, 2.24) is 0 Å². The van der Waals surface area contributed by atoms with Crippen LogP contribution in [0.3, 0.4) is 0 Å². The smallest absolute Gasteiger partial charge is 0.178 e. The minimum absolute atomic E-state index is 0.00759. The number of fused-ring (bicyclic) bond motifs is 10. The summed E-state index contributed by atoms with van der Waals surface area (Å²) < 4.78 is 5.28. The lowest BCUT2D eigenvalue weighted by molar-refractivity contribution is 0.0815. The minimum atomic E-state index is -0.599. The van der Waals surface area contributed by atoms with Crippen LogP contribution in [-0.2, 0) is 0 Å². The van der Waals surface area contributed by atoms with Crippen LogP contribution in [0, 0.1) is 33.6 Å². The molecule has 0 aromatic heterocycles. The summed E-state index contributed by atoms with van der Waals surface area (Å²) >= 11 is 37.7. The summed E-state index contributed by atoms with van der Waals surface area (Å²) in [6, 6.07) is 69.6. The first kappa shape index (κ1) is 114. The van der Waals surface area contributed by atoms with Gasteiger partial charge in [-0.2, -0.15) is 0 Å². The minimum Gasteiger partial charge on any atom is -0.497 e. The number of alkyl halides is 2. The van der Waals surface area contributed by atoms with E-state index in [0.29, 0.717) is 99.2 Å². The predicted octanol–water partition coefficient (Wildman–Crippen LogP) is 32.3. The molecule has 0 N–H and O–H groups in total. The topological polar surface area (TPSA) is 200 Å². The number of methoxy groups -OCH3 is 1. The molecule has 6 atom stereocenters. The van der Waals surface area contributed by atoms with Gasteiger partial charge < -0.3 is 9.64 Å². The molecule has 142 heavy (non-hydrogen) atoms. The van der Waals surface area contributed by atoms with Crippen molar-refractivity contribution < 1.29 is 57.5 Å². The number of hydrogen-bond donors (Lipinski definition) is 0. The van der Waals surface area contributed by atoms with Crippen molar-refractivity contribution >= 4 is 254 Å². The van der Waals surface area contributed by atoms with E-state index in [4.69, 9.17) is 27.9 Å². The zero-order chi connectivity index (χ0) is 103. The van der Waals surface area contributed by atoms with E-state index in [-0.39, 0.29) is 75.9 Å². The average Bonchev–Trinajstić information content (AvgIpc) is 0.782. The Hall–Kier alpha value is -7.22. The van der Waals surface area contributed by atoms with Crippen LogP contribution in [0.1, 0.15) is 243 Å². The lowest BCUT2D eigenvalue weighted by atomic mass is 9.91. The molecule has 13 nitrogen and oxygen atoms in total. The van der Waals surface area contributed by atoms with Crippen LogP contribution in [0.5, 0.6) is 5.75 Å². The first-order chi connectivity index (χ1) is 67.4. The zero-order valence-corrected chi connectivity index (χ0v) is 96.0. The third kappa shape index (κ3) is 30.8. The summed E-state index contributed by atoms with van der Waals surface area (Å²) in [7, 11) is 5.62. The maximum absolute atomic E-state index is 12.6. The molecule has 10 aliphatic heterocycles. The molecule has 11 aromatic rings. The molecule has 0 radical (unpaired) electrons. The number of ketones is 11. The van der Waals surface area contributed by atoms with Gasteiger partial charge in [0.2, 0.25) is 0 Å². The summed E-state index contributed by atoms with van der Waals surface area (Å²) in [5, 5.41) is 2.43. The number of aryl methyl sites for hydroxylation is 4. The van der Waals surface area contributed by atoms with Crippen LogP contribution >= 0.6 is 184 Å². The number of halogens is 4. The van der Waals surface area contributed by atoms with Gasteiger partial charge in [-0.15, -0.1) is 129 Å². The van der Waals surface area contributed by atoms with Gasteiger partial charge in [-0.3, -0.25) is 52.7 Å². The lowest BCUT2D eigenvalue weighted by Crippen LogP contribution is -2.29. The van der Waals surface area contributed by atoms with Crippen LogP contribution in [0.4, 0.5) is 5.69 Å². The fraction of sp³-hybridized carbons (Fsp3) is 0.325. The Morgan fingerprint density at radius 3 is 1.44 bits per heavy atom. The number of benzene rings is 11. The lowest BCUT2D eigenvalue weighted by Gasteiger charge is -2.30. The quantitative estimate of drug-likeness (QED) is 0.0681. The largest absolute Gasteiger partial charge is 0.497 e. The number of thioether (sulfide) groups is 11. The van der Waals surface area contributed by atoms with Gasteiger partial charge in [-0.25, -0.2) is 0 Å². The molecule has 0 amide bonds. The maximum atomic E-state index is 12.6. The Bertz CT molecular complexity index is 6550. The number of anilines is 1. The van der Waals surface area contributed by atoms with E-state index >= 15 is 0 Å². The maximum Gasteiger partial charge on any atom is 0.178 e. The molecule has 28 heteroatoms. The van der Waals surface area contributed by atoms with E-state index < -0.39 is 5.92 Å². The van der Waals surface area contributed by atoms with Gasteiger partial charge in [0.15, 0.2) is 63.6 Å². The van der Waals surface area contributed by atoms with E-state index in [1.807, 2.05) is 192 Å². The second kappa shape index (κ2) is 51.6. The molecule has 0 aliphatic carbocycles. The van der Waals surface area contributed by atoms with E-state index in [9.17, 15) is 52.7 Å². The summed E-state index contributed by atoms with van der Waals surface area (Å²) in [4.78, 5) is 144. The Morgan fingerprint density at radius 2 is 0.859 bits per heavy atom. The van der Waals surface area contributed by atoms with Crippen LogP contribution in [0.15, 0.2) is 272 Å². The predicted molar refractivity (Wildman–Crippen MR) is 610 cm³/mol. The number of nitrogens with zero attached hydrogens (tertiary/aromatic N) is 1. The number of rotatable bonds is 5. The average molecular weight is 2270 g/mol. The number of carbonyl (C=O) groups excluding carboxylic acids is 11. The molecule has 0 spiro atoms. The van der Waals surface area contributed by atoms with Crippen LogP contribution < -0.4 is 9.64 Å². The highest BCUT2D eigenvalue weighted by molar-refractivity contribution is 9.10. The fourth-order valence-electron chi connectivity index (χ4n) is 16.5. The summed E-state index contributed by atoms with van der Waals surface area (Å²) in [5.41, 5.74) is 14.9. The number of hydrogen-bond acceptors (Lipinski definition) is 24. The monoisotopic (exact) mass is 2270 g/mol. The molecule has 0 saturated heterocycles. The highest BCUT2D eigenvalue weighted by Crippen LogP contribution is 2.49. The van der Waals surface area contributed by atoms with Crippen molar-refractivity contribution in [2.45, 2.75) is 228 Å². The summed E-state index contributed by atoms with van der Waals surface area (Å²) in [6.45, 7) is 27.1. The van der Waals surface area contributed by atoms with E-state index in [0.717, 1.165) is 144 Å². The summed E-state index contributed by atoms with van der Waals surface area (Å²) in [6.07, 6.45) is 6.61. The summed E-state index contributed by atoms with van der Waals surface area (Å²) in [5.74, 6) is 5.39. The van der Waals surface area contributed by atoms with Crippen LogP contribution in [0.2, 0.25) is 10.0 Å². The van der Waals surface area contributed by atoms with Crippen LogP contribution in [-0.4, -0.2) is 154 Å². The molecular weight excluding hydrogens is 2160 g/mol. The fourth-order valence-corrected chi connectivity index (χ4v) is 30.0. The van der Waals surface area contributed by atoms with Crippen molar-refractivity contribution in [2.75, 3.05) is 55.4 Å². The van der Waals surface area contributed by atoms with Crippen LogP contribution in [0.25, 0.3) is 0 Å². The Kier molecular flexibility index (Phi) is 41.3. The first-order valence-corrected chi connectivity index (χ1v) is 59.3. The molecule has 10 aliphatic rings. The second-order valence-corrected chi connectivity index (χ2v) is 55.1. The van der Waals surface area contributed by atoms with Crippen molar-refractivity contribution in [2.24, 2.45) is 5.92 Å². The van der Waals surface area contributed by atoms with Gasteiger partial charge in [0.05, 0.1) is 22.7 Å². The van der Waals surface area contributed by atoms with Crippen molar-refractivity contribution in [3.8, 4) is 5.75 Å². The van der Waals surface area contributed by atoms with Gasteiger partial charge in [-0.05, 0) is 220 Å². The standard InChI is InChI=1S/C17H14O3S.C13H16OS.C12H14OS.C11H11ClOS.C11H13NOS.2C10H9BrOS.C10H9ClOS.C10H10OS2.C10H10OS/c1-20-12-7-8-13-15(9-12)21-10-14(17(13)19)16(18)11-5-3-2-4-6-11;1-8-5-9(2)12-10(14)7-13(3,4)15-11(12)6-8;1-8-4-5-11-9(6-8)10(13)7-12(2,3)14-11;1-11(2)6-9(13)8-5-7(12)3-4-10(8)14-11;1-12(2)8-3-4-9-10(13)5-6-14-11(9)7-8;1-6-2-3-9-7(4-6)10(12)8(11)5-13-9;1-6-9(11)10(12)7-4-2-3-5-8(7)13-6;1-6-4-9(12)8-5-7(11)2-3-10(8)13-6;1-12-7-2-3-8-9(11)4-5-13-10(8)6-7;1-7-6-9(11)8-4-2-3-5-10(8)12-7/h2-9,14H,10H2,1H3;5-6H,7H2,1-4H3;4-6H,7H2,1-3H3;3-5H,6H2,1-2H3;3-4,7H,5-6H2,1-2H3;2-4,8H,5H2,1H3;2-6,9H,1H3;2-3,5-6H,4H2,1H3;2-3,6H,4-5H2,1H3;2-5,7H,6H2,1H3. The SMILES string of the molecule is CC1(C)CC(=O)c2cc(Cl)ccc2S1.CC1CC(=O)c2cc(Cl)ccc2S1.CC1CC(=O)c2ccccc2S1.CC1Sc2ccccc2C(=O)C1Br.CN(C)c1ccc2c(c1)SCCC2=O.COc1ccc2c(c1)SCC(C(=O)c1ccccc1)C2=O.CSc1ccc2c(c1)SCCC2=O.Cc1cc(C)c2c(c1)SC(C)(C)CC2=O.Cc1ccc2c(c1)C(=O)C(Br)CS2.Cc1ccc2c(c1)C(=O)CC(C)(C)S2. The van der Waals surface area contributed by atoms with Crippen molar-refractivity contribution in [3.05, 3.63) is 312 Å². The highest BCUT2D eigenvalue weighted by atomic mass is 79.9. The Morgan fingerprint density at radius 1 is 0.401 bits per heavy atom. The van der Waals surface area contributed by atoms with E-state index in [1.54, 1.807) is 149 Å². The molecule has 10 heterocycles. The first-order valence-electron chi connectivity index (χ1n) is 46.4. The molecular formula is C114H115Br2Cl2NO12S11. The molecule has 11 aromatic carbocycles. The van der Waals surface area contributed by atoms with Crippen molar-refractivity contribution in [1.29, 1.82) is 0 Å². The molecule has 0 fully saturated rings.